The first-order valence-electron chi connectivity index (χ1n) is 6.15. The minimum Gasteiger partial charge on any atom is -0.317 e. The van der Waals surface area contributed by atoms with Crippen molar-refractivity contribution in [1.29, 1.82) is 0 Å². The van der Waals surface area contributed by atoms with Gasteiger partial charge in [0.2, 0.25) is 0 Å². The predicted octanol–water partition coefficient (Wildman–Crippen LogP) is 1.97. The lowest BCUT2D eigenvalue weighted by Crippen LogP contribution is -2.35. The number of hydrogen-bond acceptors (Lipinski definition) is 3. The van der Waals surface area contributed by atoms with Crippen molar-refractivity contribution in [2.45, 2.75) is 18.9 Å². The van der Waals surface area contributed by atoms with Gasteiger partial charge in [-0.25, -0.2) is 4.68 Å². The van der Waals surface area contributed by atoms with Crippen LogP contribution in [0.1, 0.15) is 18.9 Å². The predicted molar refractivity (Wildman–Crippen MR) is 72.2 cm³/mol. The molecule has 4 nitrogen and oxygen atoms in total. The van der Waals surface area contributed by atoms with E-state index in [0.29, 0.717) is 10.5 Å². The molecule has 0 bridgehead atoms. The molecule has 0 aliphatic carbocycles. The molecule has 18 heavy (non-hydrogen) atoms. The molecular formula is C13H14ClN3O. The first-order valence-corrected chi connectivity index (χ1v) is 6.53. The van der Waals surface area contributed by atoms with E-state index in [1.807, 2.05) is 24.3 Å². The van der Waals surface area contributed by atoms with Gasteiger partial charge in [-0.15, -0.1) is 0 Å². The van der Waals surface area contributed by atoms with E-state index in [2.05, 4.69) is 10.4 Å². The van der Waals surface area contributed by atoms with E-state index in [1.54, 1.807) is 4.68 Å². The summed E-state index contributed by atoms with van der Waals surface area (Å²) >= 11 is 6.17. The van der Waals surface area contributed by atoms with Crippen LogP contribution in [0.25, 0.3) is 10.8 Å². The summed E-state index contributed by atoms with van der Waals surface area (Å²) in [5.41, 5.74) is -0.0399. The molecule has 94 valence electrons. The molecular weight excluding hydrogens is 250 g/mol. The number of rotatable bonds is 1. The molecule has 2 aromatic rings. The van der Waals surface area contributed by atoms with E-state index in [1.165, 1.54) is 0 Å². The topological polar surface area (TPSA) is 46.9 Å². The number of nitrogens with one attached hydrogen (secondary N) is 1. The lowest BCUT2D eigenvalue weighted by Gasteiger charge is -2.24. The first-order chi connectivity index (χ1) is 8.77. The van der Waals surface area contributed by atoms with Crippen LogP contribution in [-0.4, -0.2) is 22.9 Å². The van der Waals surface area contributed by atoms with Gasteiger partial charge in [0.15, 0.2) is 5.15 Å². The Bertz CT molecular complexity index is 632. The second-order valence-electron chi connectivity index (χ2n) is 4.57. The maximum atomic E-state index is 12.4. The summed E-state index contributed by atoms with van der Waals surface area (Å²) < 4.78 is 1.56. The summed E-state index contributed by atoms with van der Waals surface area (Å²) in [5, 5.41) is 9.33. The normalized spacial score (nSPS) is 17.2. The Labute approximate surface area is 110 Å². The van der Waals surface area contributed by atoms with Crippen molar-refractivity contribution < 1.29 is 0 Å². The van der Waals surface area contributed by atoms with Crippen LogP contribution in [0, 0.1) is 0 Å². The summed E-state index contributed by atoms with van der Waals surface area (Å²) in [6, 6.07) is 7.51. The molecule has 2 heterocycles. The molecule has 1 aromatic heterocycles. The van der Waals surface area contributed by atoms with Crippen LogP contribution in [0.2, 0.25) is 5.15 Å². The van der Waals surface area contributed by atoms with Crippen molar-refractivity contribution in [2.24, 2.45) is 0 Å². The van der Waals surface area contributed by atoms with E-state index in [4.69, 9.17) is 11.6 Å². The van der Waals surface area contributed by atoms with Crippen molar-refractivity contribution in [3.8, 4) is 0 Å². The quantitative estimate of drug-likeness (QED) is 0.856. The monoisotopic (exact) mass is 263 g/mol. The zero-order valence-electron chi connectivity index (χ0n) is 9.90. The molecule has 1 saturated heterocycles. The number of fused-ring (bicyclic) bond motifs is 1. The van der Waals surface area contributed by atoms with Gasteiger partial charge in [0.25, 0.3) is 5.56 Å². The molecule has 0 amide bonds. The Morgan fingerprint density at radius 2 is 1.89 bits per heavy atom. The van der Waals surface area contributed by atoms with Crippen molar-refractivity contribution in [1.82, 2.24) is 15.1 Å². The van der Waals surface area contributed by atoms with Gasteiger partial charge >= 0.3 is 0 Å². The fourth-order valence-corrected chi connectivity index (χ4v) is 2.71. The Balaban J connectivity index is 2.18. The van der Waals surface area contributed by atoms with Gasteiger partial charge < -0.3 is 5.32 Å². The van der Waals surface area contributed by atoms with E-state index in [-0.39, 0.29) is 11.6 Å². The Kier molecular flexibility index (Phi) is 3.06. The molecule has 5 heteroatoms. The number of aromatic nitrogens is 2. The van der Waals surface area contributed by atoms with Crippen molar-refractivity contribution in [2.75, 3.05) is 13.1 Å². The van der Waals surface area contributed by atoms with Crippen LogP contribution in [-0.2, 0) is 0 Å². The van der Waals surface area contributed by atoms with E-state index in [0.717, 1.165) is 31.3 Å². The highest BCUT2D eigenvalue weighted by atomic mass is 35.5. The summed E-state index contributed by atoms with van der Waals surface area (Å²) in [6.07, 6.45) is 1.84. The molecule has 0 spiro atoms. The highest BCUT2D eigenvalue weighted by Gasteiger charge is 2.19. The van der Waals surface area contributed by atoms with Gasteiger partial charge in [-0.3, -0.25) is 4.79 Å². The molecule has 1 fully saturated rings. The van der Waals surface area contributed by atoms with Gasteiger partial charge in [0.05, 0.1) is 11.4 Å². The molecule has 1 aliphatic heterocycles. The van der Waals surface area contributed by atoms with Crippen LogP contribution in [0.15, 0.2) is 29.1 Å². The molecule has 1 N–H and O–H groups in total. The average Bonchev–Trinajstić information content (AvgIpc) is 2.44. The number of hydrogen-bond donors (Lipinski definition) is 1. The van der Waals surface area contributed by atoms with Crippen LogP contribution in [0.4, 0.5) is 0 Å². The third-order valence-electron chi connectivity index (χ3n) is 3.44. The lowest BCUT2D eigenvalue weighted by atomic mass is 10.1. The third kappa shape index (κ3) is 1.91. The number of benzene rings is 1. The molecule has 1 aromatic carbocycles. The maximum Gasteiger partial charge on any atom is 0.274 e. The molecule has 0 saturated carbocycles. The van der Waals surface area contributed by atoms with E-state index >= 15 is 0 Å². The highest BCUT2D eigenvalue weighted by Crippen LogP contribution is 2.21. The second-order valence-corrected chi connectivity index (χ2v) is 4.93. The smallest absolute Gasteiger partial charge is 0.274 e. The zero-order valence-corrected chi connectivity index (χ0v) is 10.7. The third-order valence-corrected chi connectivity index (χ3v) is 3.72. The second kappa shape index (κ2) is 4.71. The SMILES string of the molecule is O=c1c2ccccc2c(Cl)nn1C1CCNCC1. The van der Waals surface area contributed by atoms with Gasteiger partial charge in [-0.1, -0.05) is 29.8 Å². The summed E-state index contributed by atoms with van der Waals surface area (Å²) in [5.74, 6) is 0. The van der Waals surface area contributed by atoms with E-state index in [9.17, 15) is 4.79 Å². The summed E-state index contributed by atoms with van der Waals surface area (Å²) in [6.45, 7) is 1.84. The average molecular weight is 264 g/mol. The maximum absolute atomic E-state index is 12.4. The number of nitrogens with zero attached hydrogens (tertiary/aromatic N) is 2. The van der Waals surface area contributed by atoms with Crippen LogP contribution in [0.3, 0.4) is 0 Å². The Morgan fingerprint density at radius 1 is 1.22 bits per heavy atom. The fraction of sp³-hybridized carbons (Fsp3) is 0.385. The molecule has 0 unspecified atom stereocenters. The molecule has 1 aliphatic rings. The van der Waals surface area contributed by atoms with Gasteiger partial charge in [-0.2, -0.15) is 5.10 Å². The molecule has 0 radical (unpaired) electrons. The van der Waals surface area contributed by atoms with Crippen LogP contribution >= 0.6 is 11.6 Å². The highest BCUT2D eigenvalue weighted by molar-refractivity contribution is 6.34. The standard InChI is InChI=1S/C13H14ClN3O/c14-12-10-3-1-2-4-11(10)13(18)17(16-12)9-5-7-15-8-6-9/h1-4,9,15H,5-8H2. The minimum absolute atomic E-state index is 0.0399. The molecule has 3 rings (SSSR count). The lowest BCUT2D eigenvalue weighted by molar-refractivity contribution is 0.333. The summed E-state index contributed by atoms with van der Waals surface area (Å²) in [7, 11) is 0. The number of halogens is 1. The van der Waals surface area contributed by atoms with Crippen molar-refractivity contribution in [3.63, 3.8) is 0 Å². The van der Waals surface area contributed by atoms with Gasteiger partial charge in [-0.05, 0) is 32.0 Å². The largest absolute Gasteiger partial charge is 0.317 e. The number of piperidine rings is 1. The summed E-state index contributed by atoms with van der Waals surface area (Å²) in [4.78, 5) is 12.4. The van der Waals surface area contributed by atoms with E-state index < -0.39 is 0 Å². The minimum atomic E-state index is -0.0399. The van der Waals surface area contributed by atoms with Crippen molar-refractivity contribution >= 4 is 22.4 Å². The first kappa shape index (κ1) is 11.7. The van der Waals surface area contributed by atoms with Gasteiger partial charge in [0.1, 0.15) is 0 Å². The van der Waals surface area contributed by atoms with Crippen LogP contribution in [0.5, 0.6) is 0 Å². The van der Waals surface area contributed by atoms with Gasteiger partial charge in [0, 0.05) is 5.39 Å². The Morgan fingerprint density at radius 3 is 2.61 bits per heavy atom. The zero-order chi connectivity index (χ0) is 12.5. The molecule has 0 atom stereocenters. The van der Waals surface area contributed by atoms with Crippen molar-refractivity contribution in [3.05, 3.63) is 39.8 Å². The fourth-order valence-electron chi connectivity index (χ4n) is 2.47. The van der Waals surface area contributed by atoms with Crippen LogP contribution < -0.4 is 10.9 Å². The Hall–Kier alpha value is -1.39.